The number of aromatic nitrogens is 2. The molecule has 1 aliphatic rings. The number of aliphatic carboxylic acids is 1. The van der Waals surface area contributed by atoms with Gasteiger partial charge in [-0.1, -0.05) is 0 Å². The van der Waals surface area contributed by atoms with E-state index in [9.17, 15) is 22.8 Å². The fourth-order valence-electron chi connectivity index (χ4n) is 2.77. The summed E-state index contributed by atoms with van der Waals surface area (Å²) in [4.78, 5) is 21.8. The first kappa shape index (κ1) is 15.3. The number of nitrogens with two attached hydrogens (primary N) is 1. The summed E-state index contributed by atoms with van der Waals surface area (Å²) in [7, 11) is 0. The van der Waals surface area contributed by atoms with Crippen LogP contribution in [0, 0.1) is 0 Å². The molecule has 1 unspecified atom stereocenters. The average molecular weight is 305 g/mol. The number of carbonyl (C=O) groups is 2. The summed E-state index contributed by atoms with van der Waals surface area (Å²) >= 11 is 0. The number of halogens is 3. The molecule has 1 heterocycles. The summed E-state index contributed by atoms with van der Waals surface area (Å²) in [6, 6.07) is 0. The summed E-state index contributed by atoms with van der Waals surface area (Å²) in [6.07, 6.45) is -3.86. The highest BCUT2D eigenvalue weighted by atomic mass is 19.4. The molecule has 0 spiro atoms. The van der Waals surface area contributed by atoms with Gasteiger partial charge in [0.25, 0.3) is 0 Å². The Labute approximate surface area is 117 Å². The van der Waals surface area contributed by atoms with E-state index in [0.717, 1.165) is 4.68 Å². The van der Waals surface area contributed by atoms with Gasteiger partial charge in [-0.3, -0.25) is 14.3 Å². The van der Waals surface area contributed by atoms with E-state index >= 15 is 0 Å². The van der Waals surface area contributed by atoms with Gasteiger partial charge in [-0.05, 0) is 25.2 Å². The highest BCUT2D eigenvalue weighted by molar-refractivity contribution is 5.73. The molecule has 0 radical (unpaired) electrons. The molecule has 0 bridgehead atoms. The molecular weight excluding hydrogens is 291 g/mol. The van der Waals surface area contributed by atoms with Crippen molar-refractivity contribution in [1.82, 2.24) is 9.78 Å². The maximum absolute atomic E-state index is 13.1. The van der Waals surface area contributed by atoms with Crippen molar-refractivity contribution in [3.8, 4) is 0 Å². The summed E-state index contributed by atoms with van der Waals surface area (Å²) in [6.45, 7) is -0.446. The van der Waals surface area contributed by atoms with Crippen LogP contribution in [0.2, 0.25) is 0 Å². The van der Waals surface area contributed by atoms with Gasteiger partial charge in [0.1, 0.15) is 6.54 Å². The predicted molar refractivity (Wildman–Crippen MR) is 64.4 cm³/mol. The molecule has 1 aromatic rings. The van der Waals surface area contributed by atoms with Crippen LogP contribution in [0.3, 0.4) is 0 Å². The van der Waals surface area contributed by atoms with Gasteiger partial charge < -0.3 is 10.8 Å². The van der Waals surface area contributed by atoms with Gasteiger partial charge in [0.15, 0.2) is 5.69 Å². The summed E-state index contributed by atoms with van der Waals surface area (Å²) < 4.78 is 40.2. The van der Waals surface area contributed by atoms with Gasteiger partial charge in [-0.15, -0.1) is 0 Å². The van der Waals surface area contributed by atoms with E-state index in [1.807, 2.05) is 0 Å². The first-order valence-corrected chi connectivity index (χ1v) is 6.37. The minimum Gasteiger partial charge on any atom is -0.481 e. The van der Waals surface area contributed by atoms with Crippen LogP contribution in [0.1, 0.15) is 42.1 Å². The fraction of sp³-hybridized carbons (Fsp3) is 0.583. The number of rotatable bonds is 4. The molecule has 1 atom stereocenters. The van der Waals surface area contributed by atoms with Crippen molar-refractivity contribution in [1.29, 1.82) is 0 Å². The highest BCUT2D eigenvalue weighted by Gasteiger charge is 2.42. The second kappa shape index (κ2) is 5.38. The number of nitrogens with zero attached hydrogens (tertiary/aromatic N) is 2. The summed E-state index contributed by atoms with van der Waals surface area (Å²) in [5.74, 6) is -2.71. The molecule has 3 N–H and O–H groups in total. The van der Waals surface area contributed by atoms with Gasteiger partial charge >= 0.3 is 12.1 Å². The van der Waals surface area contributed by atoms with Crippen LogP contribution < -0.4 is 5.73 Å². The number of alkyl halides is 3. The second-order valence-corrected chi connectivity index (χ2v) is 5.02. The molecule has 2 rings (SSSR count). The van der Waals surface area contributed by atoms with E-state index in [0.29, 0.717) is 19.3 Å². The molecule has 0 saturated heterocycles. The number of hydrogen-bond acceptors (Lipinski definition) is 3. The van der Waals surface area contributed by atoms with Crippen LogP contribution in [-0.4, -0.2) is 26.8 Å². The number of carbonyl (C=O) groups excluding carboxylic acids is 1. The number of fused-ring (bicyclic) bond motifs is 1. The molecule has 0 saturated carbocycles. The second-order valence-electron chi connectivity index (χ2n) is 5.02. The standard InChI is InChI=1S/C12H14F3N3O3/c13-12(14,15)11-10-6(4-9(20)21)2-1-3-7(10)18(17-11)5-8(16)19/h6H,1-5H2,(H2,16,19)(H,20,21). The number of hydrogen-bond donors (Lipinski definition) is 2. The normalized spacial score (nSPS) is 18.3. The third kappa shape index (κ3) is 3.17. The van der Waals surface area contributed by atoms with E-state index in [1.54, 1.807) is 0 Å². The smallest absolute Gasteiger partial charge is 0.435 e. The monoisotopic (exact) mass is 305 g/mol. The predicted octanol–water partition coefficient (Wildman–Crippen LogP) is 1.28. The van der Waals surface area contributed by atoms with Crippen molar-refractivity contribution in [3.05, 3.63) is 17.0 Å². The lowest BCUT2D eigenvalue weighted by atomic mass is 9.83. The fourth-order valence-corrected chi connectivity index (χ4v) is 2.77. The van der Waals surface area contributed by atoms with Gasteiger partial charge in [-0.25, -0.2) is 0 Å². The van der Waals surface area contributed by atoms with Crippen molar-refractivity contribution in [2.45, 2.75) is 44.3 Å². The maximum atomic E-state index is 13.1. The highest BCUT2D eigenvalue weighted by Crippen LogP contribution is 2.42. The van der Waals surface area contributed by atoms with Gasteiger partial charge in [0.05, 0.1) is 6.42 Å². The SMILES string of the molecule is NC(=O)Cn1nc(C(F)(F)F)c2c1CCCC2CC(=O)O. The number of primary amides is 1. The zero-order chi connectivity index (χ0) is 15.8. The molecule has 0 aliphatic heterocycles. The van der Waals surface area contributed by atoms with Gasteiger partial charge in [0, 0.05) is 11.3 Å². The van der Waals surface area contributed by atoms with Gasteiger partial charge in [0.2, 0.25) is 5.91 Å². The van der Waals surface area contributed by atoms with Gasteiger partial charge in [-0.2, -0.15) is 18.3 Å². The Kier molecular flexibility index (Phi) is 3.93. The van der Waals surface area contributed by atoms with E-state index in [2.05, 4.69) is 5.10 Å². The van der Waals surface area contributed by atoms with Crippen LogP contribution in [0.4, 0.5) is 13.2 Å². The molecule has 1 aromatic heterocycles. The Balaban J connectivity index is 2.53. The first-order chi connectivity index (χ1) is 9.70. The molecular formula is C12H14F3N3O3. The molecule has 0 fully saturated rings. The zero-order valence-electron chi connectivity index (χ0n) is 11.0. The number of carboxylic acids is 1. The summed E-state index contributed by atoms with van der Waals surface area (Å²) in [5.41, 5.74) is 4.07. The Bertz CT molecular complexity index is 580. The minimum atomic E-state index is -4.69. The number of carboxylic acid groups (broad SMARTS) is 1. The van der Waals surface area contributed by atoms with Crippen molar-refractivity contribution in [2.75, 3.05) is 0 Å². The van der Waals surface area contributed by atoms with Crippen LogP contribution >= 0.6 is 0 Å². The Morgan fingerprint density at radius 3 is 2.62 bits per heavy atom. The molecule has 0 aromatic carbocycles. The number of amides is 1. The largest absolute Gasteiger partial charge is 0.481 e. The molecule has 9 heteroatoms. The van der Waals surface area contributed by atoms with E-state index in [-0.39, 0.29) is 11.3 Å². The average Bonchev–Trinajstić information content (AvgIpc) is 2.68. The van der Waals surface area contributed by atoms with Crippen LogP contribution in [0.15, 0.2) is 0 Å². The van der Waals surface area contributed by atoms with Crippen LogP contribution in [0.25, 0.3) is 0 Å². The van der Waals surface area contributed by atoms with Crippen molar-refractivity contribution in [3.63, 3.8) is 0 Å². The lowest BCUT2D eigenvalue weighted by molar-refractivity contribution is -0.143. The molecule has 116 valence electrons. The molecule has 6 nitrogen and oxygen atoms in total. The molecule has 1 amide bonds. The van der Waals surface area contributed by atoms with Crippen LogP contribution in [-0.2, 0) is 28.7 Å². The zero-order valence-corrected chi connectivity index (χ0v) is 11.0. The Morgan fingerprint density at radius 2 is 2.10 bits per heavy atom. The van der Waals surface area contributed by atoms with Crippen molar-refractivity contribution >= 4 is 11.9 Å². The quantitative estimate of drug-likeness (QED) is 0.875. The lowest BCUT2D eigenvalue weighted by Crippen LogP contribution is -2.22. The van der Waals surface area contributed by atoms with E-state index < -0.39 is 42.6 Å². The third-order valence-electron chi connectivity index (χ3n) is 3.47. The summed E-state index contributed by atoms with van der Waals surface area (Å²) in [5, 5.41) is 12.3. The van der Waals surface area contributed by atoms with E-state index in [1.165, 1.54) is 0 Å². The van der Waals surface area contributed by atoms with E-state index in [4.69, 9.17) is 10.8 Å². The Hall–Kier alpha value is -2.06. The first-order valence-electron chi connectivity index (χ1n) is 6.37. The third-order valence-corrected chi connectivity index (χ3v) is 3.47. The molecule has 21 heavy (non-hydrogen) atoms. The van der Waals surface area contributed by atoms with Crippen LogP contribution in [0.5, 0.6) is 0 Å². The minimum absolute atomic E-state index is 0.0996. The molecule has 1 aliphatic carbocycles. The lowest BCUT2D eigenvalue weighted by Gasteiger charge is -2.23. The van der Waals surface area contributed by atoms with Crippen molar-refractivity contribution in [2.24, 2.45) is 5.73 Å². The van der Waals surface area contributed by atoms with Crippen molar-refractivity contribution < 1.29 is 27.9 Å². The topological polar surface area (TPSA) is 98.2 Å². The Morgan fingerprint density at radius 1 is 1.43 bits per heavy atom. The maximum Gasteiger partial charge on any atom is 0.435 e.